The number of carbonyl (C=O) groups is 1. The number of aliphatic carboxylic acids is 1. The molecule has 0 aliphatic rings. The van der Waals surface area contributed by atoms with Crippen molar-refractivity contribution in [2.24, 2.45) is 0 Å². The van der Waals surface area contributed by atoms with E-state index >= 15 is 0 Å². The molecular formula is C8H16O4. The van der Waals surface area contributed by atoms with Crippen molar-refractivity contribution in [3.8, 4) is 0 Å². The molecular weight excluding hydrogens is 160 g/mol. The first-order valence-electron chi connectivity index (χ1n) is 3.96. The van der Waals surface area contributed by atoms with Crippen LogP contribution in [0.3, 0.4) is 0 Å². The Labute approximate surface area is 72.5 Å². The molecule has 0 amide bonds. The Bertz CT molecular complexity index is 140. The van der Waals surface area contributed by atoms with Crippen LogP contribution in [0.1, 0.15) is 26.2 Å². The fourth-order valence-corrected chi connectivity index (χ4v) is 0.979. The summed E-state index contributed by atoms with van der Waals surface area (Å²) in [6.45, 7) is 1.98. The van der Waals surface area contributed by atoms with E-state index in [1.54, 1.807) is 0 Å². The largest absolute Gasteiger partial charge is 0.477 e. The summed E-state index contributed by atoms with van der Waals surface area (Å²) in [5.41, 5.74) is 0. The molecule has 0 radical (unpaired) electrons. The predicted octanol–water partition coefficient (Wildman–Crippen LogP) is 1.25. The number of rotatable bonds is 6. The minimum atomic E-state index is -1.45. The van der Waals surface area contributed by atoms with Gasteiger partial charge in [-0.15, -0.1) is 0 Å². The van der Waals surface area contributed by atoms with E-state index in [0.717, 1.165) is 12.8 Å². The van der Waals surface area contributed by atoms with Crippen LogP contribution in [-0.2, 0) is 14.3 Å². The Morgan fingerprint density at radius 2 is 1.92 bits per heavy atom. The molecule has 0 rings (SSSR count). The van der Waals surface area contributed by atoms with Gasteiger partial charge in [0.15, 0.2) is 0 Å². The summed E-state index contributed by atoms with van der Waals surface area (Å²) in [5.74, 6) is -2.52. The van der Waals surface area contributed by atoms with Gasteiger partial charge in [0.25, 0.3) is 5.79 Å². The first-order valence-corrected chi connectivity index (χ1v) is 3.96. The van der Waals surface area contributed by atoms with Crippen LogP contribution in [0.5, 0.6) is 0 Å². The molecule has 0 aromatic carbocycles. The van der Waals surface area contributed by atoms with Gasteiger partial charge in [0, 0.05) is 20.6 Å². The van der Waals surface area contributed by atoms with Gasteiger partial charge in [-0.25, -0.2) is 4.79 Å². The predicted molar refractivity (Wildman–Crippen MR) is 43.9 cm³/mol. The summed E-state index contributed by atoms with van der Waals surface area (Å²) in [6, 6.07) is 0. The molecule has 0 aromatic rings. The minimum absolute atomic E-state index is 0.381. The summed E-state index contributed by atoms with van der Waals surface area (Å²) >= 11 is 0. The Kier molecular flexibility index (Phi) is 4.85. The van der Waals surface area contributed by atoms with Gasteiger partial charge in [-0.2, -0.15) is 0 Å². The zero-order chi connectivity index (χ0) is 9.61. The first kappa shape index (κ1) is 11.4. The molecule has 0 atom stereocenters. The molecule has 0 saturated carbocycles. The lowest BCUT2D eigenvalue weighted by Crippen LogP contribution is -2.42. The molecule has 72 valence electrons. The maximum absolute atomic E-state index is 10.7. The third-order valence-electron chi connectivity index (χ3n) is 1.84. The Hall–Kier alpha value is -0.610. The number of methoxy groups -OCH3 is 2. The van der Waals surface area contributed by atoms with Crippen molar-refractivity contribution in [2.75, 3.05) is 14.2 Å². The van der Waals surface area contributed by atoms with E-state index in [-0.39, 0.29) is 0 Å². The Balaban J connectivity index is 4.25. The van der Waals surface area contributed by atoms with E-state index in [4.69, 9.17) is 14.6 Å². The quantitative estimate of drug-likeness (QED) is 0.619. The first-order chi connectivity index (χ1) is 5.63. The highest BCUT2D eigenvalue weighted by atomic mass is 16.7. The monoisotopic (exact) mass is 176 g/mol. The zero-order valence-electron chi connectivity index (χ0n) is 7.79. The van der Waals surface area contributed by atoms with E-state index in [9.17, 15) is 4.79 Å². The minimum Gasteiger partial charge on any atom is -0.477 e. The highest BCUT2D eigenvalue weighted by Crippen LogP contribution is 2.19. The standard InChI is InChI=1S/C8H16O4/c1-4-5-6-8(11-2,12-3)7(9)10/h4-6H2,1-3H3,(H,9,10). The van der Waals surface area contributed by atoms with Gasteiger partial charge in [-0.05, 0) is 6.42 Å². The van der Waals surface area contributed by atoms with Crippen molar-refractivity contribution in [3.05, 3.63) is 0 Å². The van der Waals surface area contributed by atoms with E-state index in [1.165, 1.54) is 14.2 Å². The maximum atomic E-state index is 10.7. The molecule has 0 aliphatic heterocycles. The van der Waals surface area contributed by atoms with Crippen LogP contribution in [0, 0.1) is 0 Å². The van der Waals surface area contributed by atoms with Crippen LogP contribution in [0.15, 0.2) is 0 Å². The number of hydrogen-bond acceptors (Lipinski definition) is 3. The van der Waals surface area contributed by atoms with Gasteiger partial charge in [-0.1, -0.05) is 13.3 Å². The second-order valence-electron chi connectivity index (χ2n) is 2.57. The normalized spacial score (nSPS) is 11.6. The lowest BCUT2D eigenvalue weighted by Gasteiger charge is -2.25. The van der Waals surface area contributed by atoms with Gasteiger partial charge < -0.3 is 14.6 Å². The van der Waals surface area contributed by atoms with Crippen LogP contribution in [0.4, 0.5) is 0 Å². The molecule has 0 unspecified atom stereocenters. The van der Waals surface area contributed by atoms with Crippen molar-refractivity contribution in [1.29, 1.82) is 0 Å². The number of hydrogen-bond donors (Lipinski definition) is 1. The average molecular weight is 176 g/mol. The van der Waals surface area contributed by atoms with Crippen LogP contribution in [0.25, 0.3) is 0 Å². The van der Waals surface area contributed by atoms with E-state index < -0.39 is 11.8 Å². The van der Waals surface area contributed by atoms with Crippen molar-refractivity contribution in [1.82, 2.24) is 0 Å². The number of carboxylic acids is 1. The third-order valence-corrected chi connectivity index (χ3v) is 1.84. The molecule has 0 aliphatic carbocycles. The van der Waals surface area contributed by atoms with Gasteiger partial charge in [0.05, 0.1) is 0 Å². The molecule has 1 N–H and O–H groups in total. The average Bonchev–Trinajstić information content (AvgIpc) is 2.07. The fourth-order valence-electron chi connectivity index (χ4n) is 0.979. The fraction of sp³-hybridized carbons (Fsp3) is 0.875. The molecule has 0 fully saturated rings. The van der Waals surface area contributed by atoms with Gasteiger partial charge >= 0.3 is 5.97 Å². The number of carboxylic acid groups (broad SMARTS) is 1. The molecule has 12 heavy (non-hydrogen) atoms. The van der Waals surface area contributed by atoms with Gasteiger partial charge in [0.2, 0.25) is 0 Å². The summed E-state index contributed by atoms with van der Waals surface area (Å²) < 4.78 is 9.66. The highest BCUT2D eigenvalue weighted by Gasteiger charge is 2.38. The van der Waals surface area contributed by atoms with Crippen molar-refractivity contribution in [2.45, 2.75) is 32.0 Å². The van der Waals surface area contributed by atoms with Gasteiger partial charge in [-0.3, -0.25) is 0 Å². The maximum Gasteiger partial charge on any atom is 0.364 e. The second-order valence-corrected chi connectivity index (χ2v) is 2.57. The smallest absolute Gasteiger partial charge is 0.364 e. The lowest BCUT2D eigenvalue weighted by atomic mass is 10.1. The van der Waals surface area contributed by atoms with E-state index in [0.29, 0.717) is 6.42 Å². The topological polar surface area (TPSA) is 55.8 Å². The SMILES string of the molecule is CCCCC(OC)(OC)C(=O)O. The van der Waals surface area contributed by atoms with Gasteiger partial charge in [0.1, 0.15) is 0 Å². The molecule has 4 nitrogen and oxygen atoms in total. The molecule has 0 saturated heterocycles. The van der Waals surface area contributed by atoms with Crippen LogP contribution < -0.4 is 0 Å². The van der Waals surface area contributed by atoms with Crippen molar-refractivity contribution >= 4 is 5.97 Å². The van der Waals surface area contributed by atoms with Crippen molar-refractivity contribution in [3.63, 3.8) is 0 Å². The summed E-state index contributed by atoms with van der Waals surface area (Å²) in [4.78, 5) is 10.7. The van der Waals surface area contributed by atoms with E-state index in [1.807, 2.05) is 6.92 Å². The van der Waals surface area contributed by atoms with Crippen LogP contribution in [0.2, 0.25) is 0 Å². The molecule has 4 heteroatoms. The van der Waals surface area contributed by atoms with Crippen LogP contribution >= 0.6 is 0 Å². The Morgan fingerprint density at radius 3 is 2.17 bits per heavy atom. The summed E-state index contributed by atoms with van der Waals surface area (Å²) in [5, 5.41) is 8.80. The molecule has 0 spiro atoms. The molecule has 0 bridgehead atoms. The lowest BCUT2D eigenvalue weighted by molar-refractivity contribution is -0.227. The molecule has 0 aromatic heterocycles. The third kappa shape index (κ3) is 2.46. The molecule has 0 heterocycles. The second kappa shape index (κ2) is 5.11. The number of unbranched alkanes of at least 4 members (excludes halogenated alkanes) is 1. The van der Waals surface area contributed by atoms with Crippen molar-refractivity contribution < 1.29 is 19.4 Å². The van der Waals surface area contributed by atoms with Crippen LogP contribution in [-0.4, -0.2) is 31.1 Å². The Morgan fingerprint density at radius 1 is 1.42 bits per heavy atom. The summed E-state index contributed by atoms with van der Waals surface area (Å²) in [7, 11) is 2.68. The van der Waals surface area contributed by atoms with E-state index in [2.05, 4.69) is 0 Å². The highest BCUT2D eigenvalue weighted by molar-refractivity contribution is 5.75. The number of ether oxygens (including phenoxy) is 2. The summed E-state index contributed by atoms with van der Waals surface area (Å²) in [6.07, 6.45) is 2.07. The zero-order valence-corrected chi connectivity index (χ0v) is 7.79.